The number of pyridine rings is 2. The van der Waals surface area contributed by atoms with Crippen molar-refractivity contribution in [3.8, 4) is 40.0 Å². The molecule has 32 heteroatoms. The molecule has 99 heavy (non-hydrogen) atoms. The summed E-state index contributed by atoms with van der Waals surface area (Å²) in [7, 11) is 0. The molecule has 4 fully saturated rings. The topological polar surface area (TPSA) is 260 Å². The summed E-state index contributed by atoms with van der Waals surface area (Å²) >= 11 is 0. The Morgan fingerprint density at radius 1 is 0.505 bits per heavy atom. The van der Waals surface area contributed by atoms with Crippen LogP contribution in [0.2, 0.25) is 0 Å². The zero-order valence-corrected chi connectivity index (χ0v) is 52.6. The van der Waals surface area contributed by atoms with Gasteiger partial charge in [0.15, 0.2) is 34.9 Å². The summed E-state index contributed by atoms with van der Waals surface area (Å²) < 4.78 is 124. The second-order valence-electron chi connectivity index (χ2n) is 24.6. The Morgan fingerprint density at radius 3 is 1.34 bits per heavy atom. The fraction of sp³-hybridized carbons (Fsp3) is 0.358. The molecule has 6 aliphatic heterocycles. The number of hydrogen-bond acceptors (Lipinski definition) is 17. The third-order valence-electron chi connectivity index (χ3n) is 17.7. The van der Waals surface area contributed by atoms with E-state index in [2.05, 4.69) is 70.5 Å². The van der Waals surface area contributed by atoms with Gasteiger partial charge in [-0.15, -0.1) is 0 Å². The number of hydrogen-bond donors (Lipinski definition) is 5. The van der Waals surface area contributed by atoms with E-state index in [1.54, 1.807) is 64.9 Å². The Kier molecular flexibility index (Phi) is 18.8. The van der Waals surface area contributed by atoms with Gasteiger partial charge in [-0.05, 0) is 106 Å². The molecule has 5 N–H and O–H groups in total. The molecule has 6 amide bonds. The average molecular weight is 1370 g/mol. The first-order chi connectivity index (χ1) is 47.5. The van der Waals surface area contributed by atoms with Crippen LogP contribution in [-0.2, 0) is 18.5 Å². The van der Waals surface area contributed by atoms with Crippen molar-refractivity contribution >= 4 is 64.1 Å². The van der Waals surface area contributed by atoms with Crippen molar-refractivity contribution in [1.29, 1.82) is 0 Å². The van der Waals surface area contributed by atoms with Crippen molar-refractivity contribution in [3.05, 3.63) is 151 Å². The molecule has 0 radical (unpaired) electrons. The number of aliphatic hydroxyl groups excluding tert-OH is 2. The van der Waals surface area contributed by atoms with E-state index < -0.39 is 54.0 Å². The molecule has 0 spiro atoms. The first-order valence-electron chi connectivity index (χ1n) is 32.0. The molecule has 1 saturated carbocycles. The number of aromatic nitrogens is 8. The van der Waals surface area contributed by atoms with Gasteiger partial charge >= 0.3 is 36.6 Å². The number of piperidine rings is 3. The molecule has 0 unspecified atom stereocenters. The van der Waals surface area contributed by atoms with Gasteiger partial charge in [0.25, 0.3) is 0 Å². The van der Waals surface area contributed by atoms with Gasteiger partial charge in [0, 0.05) is 86.1 Å². The summed E-state index contributed by atoms with van der Waals surface area (Å²) in [6.45, 7) is 3.74. The van der Waals surface area contributed by atoms with Crippen LogP contribution in [0.15, 0.2) is 134 Å². The molecule has 7 aliphatic rings. The van der Waals surface area contributed by atoms with Gasteiger partial charge in [-0.1, -0.05) is 42.5 Å². The van der Waals surface area contributed by atoms with E-state index in [1.165, 1.54) is 47.5 Å². The lowest BCUT2D eigenvalue weighted by atomic mass is 10.0. The summed E-state index contributed by atoms with van der Waals surface area (Å²) in [5.74, 6) is 2.12. The standard InChI is InChI=1S/C25H25F3N6O4.C22H19F3N6O.C20H20F3N5O/c26-25(27,28)16-4-1-3-15(9-16)22-30-11-20-23(32-22)34(18-5-2-8-33(20)12-18)24(37)31-17-6-7-29-21(10-17)38-14-19(36)13-35;23-22(24,25)15-6-3-5-14(11-15)19-27-12-17-20(29-19)31(16-7-4-10-30(17)13-16)21(32)28-18-8-1-2-9-26-18;21-20(22,23)13-4-1-3-12(9-13)17-24-10-16-18(26-17)28(19(29)25-14-6-7-14)15-5-2-8-27(16)11-15/h1,3-4,6-7,9-11,18-19,35-36H,2,5,8,12-14H2,(H,29,31,37);1-3,5-6,8-9,11-12,16H,4,7,10,13H2,(H,26,28,32);1,3-4,9-10,14-15H,2,5-8,11H2,(H,25,29)/t18-,19-;16-;15-/m000/s1. The Labute approximate surface area is 559 Å². The van der Waals surface area contributed by atoms with Crippen LogP contribution in [0, 0.1) is 0 Å². The lowest BCUT2D eigenvalue weighted by Crippen LogP contribution is -2.57. The number of urea groups is 3. The number of fused-ring (bicyclic) bond motifs is 12. The van der Waals surface area contributed by atoms with Crippen LogP contribution in [0.4, 0.5) is 99.9 Å². The number of anilines is 8. The van der Waals surface area contributed by atoms with E-state index in [-0.39, 0.29) is 82.9 Å². The average Bonchev–Trinajstić information content (AvgIpc) is 0.972. The minimum atomic E-state index is -4.51. The molecule has 8 aromatic rings. The van der Waals surface area contributed by atoms with Crippen LogP contribution in [0.1, 0.15) is 68.1 Å². The van der Waals surface area contributed by atoms with Crippen LogP contribution < -0.4 is 50.1 Å². The highest BCUT2D eigenvalue weighted by atomic mass is 19.4. The lowest BCUT2D eigenvalue weighted by molar-refractivity contribution is -0.138. The minimum Gasteiger partial charge on any atom is -0.475 e. The summed E-state index contributed by atoms with van der Waals surface area (Å²) in [4.78, 5) is 85.6. The third kappa shape index (κ3) is 15.0. The zero-order valence-electron chi connectivity index (χ0n) is 52.6. The highest BCUT2D eigenvalue weighted by Crippen LogP contribution is 2.44. The third-order valence-corrected chi connectivity index (χ3v) is 17.7. The van der Waals surface area contributed by atoms with Crippen molar-refractivity contribution in [2.24, 2.45) is 0 Å². The second kappa shape index (κ2) is 27.8. The number of carbonyl (C=O) groups is 3. The molecule has 1 aliphatic carbocycles. The molecular formula is C67H64F9N17O6. The Hall–Kier alpha value is -10.5. The van der Waals surface area contributed by atoms with Crippen LogP contribution >= 0.6 is 0 Å². The van der Waals surface area contributed by atoms with E-state index in [1.807, 2.05) is 0 Å². The van der Waals surface area contributed by atoms with Crippen molar-refractivity contribution < 1.29 is 68.8 Å². The molecule has 4 atom stereocenters. The first kappa shape index (κ1) is 67.1. The molecule has 3 saturated heterocycles. The Balaban J connectivity index is 0.000000135. The Morgan fingerprint density at radius 2 is 0.939 bits per heavy atom. The van der Waals surface area contributed by atoms with E-state index in [0.717, 1.165) is 120 Å². The van der Waals surface area contributed by atoms with E-state index >= 15 is 0 Å². The fourth-order valence-electron chi connectivity index (χ4n) is 12.7. The number of carbonyl (C=O) groups excluding carboxylic acids is 3. The highest BCUT2D eigenvalue weighted by Gasteiger charge is 2.44. The quantitative estimate of drug-likeness (QED) is 0.0797. The predicted octanol–water partition coefficient (Wildman–Crippen LogP) is 11.7. The lowest BCUT2D eigenvalue weighted by Gasteiger charge is -2.45. The number of benzene rings is 3. The molecule has 5 aromatic heterocycles. The molecular weight excluding hydrogens is 1310 g/mol. The van der Waals surface area contributed by atoms with Crippen molar-refractivity contribution in [2.75, 3.05) is 92.5 Å². The molecule has 6 bridgehead atoms. The van der Waals surface area contributed by atoms with Crippen LogP contribution in [0.3, 0.4) is 0 Å². The maximum atomic E-state index is 13.5. The van der Waals surface area contributed by atoms with Crippen molar-refractivity contribution in [3.63, 3.8) is 0 Å². The number of ether oxygens (including phenoxy) is 1. The number of halogens is 9. The summed E-state index contributed by atoms with van der Waals surface area (Å²) in [6, 6.07) is 21.7. The Bertz CT molecular complexity index is 4290. The van der Waals surface area contributed by atoms with Crippen LogP contribution in [-0.4, -0.2) is 151 Å². The highest BCUT2D eigenvalue weighted by molar-refractivity contribution is 6.05. The van der Waals surface area contributed by atoms with Gasteiger partial charge in [-0.25, -0.2) is 54.3 Å². The van der Waals surface area contributed by atoms with Crippen LogP contribution in [0.5, 0.6) is 5.88 Å². The van der Waals surface area contributed by atoms with Crippen molar-refractivity contribution in [1.82, 2.24) is 45.2 Å². The second-order valence-corrected chi connectivity index (χ2v) is 24.6. The zero-order chi connectivity index (χ0) is 69.3. The number of nitrogens with one attached hydrogen (secondary N) is 3. The number of aliphatic hydroxyl groups is 2. The first-order valence-corrected chi connectivity index (χ1v) is 32.0. The van der Waals surface area contributed by atoms with Gasteiger partial charge in [0.05, 0.1) is 77.1 Å². The van der Waals surface area contributed by atoms with Gasteiger partial charge in [-0.3, -0.25) is 20.0 Å². The van der Waals surface area contributed by atoms with Gasteiger partial charge in [0.2, 0.25) is 5.88 Å². The van der Waals surface area contributed by atoms with E-state index in [9.17, 15) is 59.0 Å². The molecule has 11 heterocycles. The van der Waals surface area contributed by atoms with Gasteiger partial charge < -0.3 is 40.3 Å². The summed E-state index contributed by atoms with van der Waals surface area (Å²) in [5, 5.41) is 27.1. The summed E-state index contributed by atoms with van der Waals surface area (Å²) in [5.41, 5.74) is 0.809. The number of nitrogens with zero attached hydrogens (tertiary/aromatic N) is 14. The minimum absolute atomic E-state index is 0.000686. The molecule has 23 nitrogen and oxygen atoms in total. The largest absolute Gasteiger partial charge is 0.475 e. The predicted molar refractivity (Wildman–Crippen MR) is 347 cm³/mol. The number of amides is 6. The normalized spacial score (nSPS) is 18.6. The molecule has 516 valence electrons. The van der Waals surface area contributed by atoms with Gasteiger partial charge in [-0.2, -0.15) is 39.5 Å². The van der Waals surface area contributed by atoms with Crippen LogP contribution in [0.25, 0.3) is 34.2 Å². The van der Waals surface area contributed by atoms with Crippen molar-refractivity contribution in [2.45, 2.75) is 100 Å². The monoisotopic (exact) mass is 1370 g/mol. The number of alkyl halides is 9. The summed E-state index contributed by atoms with van der Waals surface area (Å²) in [6.07, 6.45) is 0.344. The van der Waals surface area contributed by atoms with Gasteiger partial charge in [0.1, 0.15) is 18.5 Å². The van der Waals surface area contributed by atoms with E-state index in [4.69, 9.17) is 9.84 Å². The smallest absolute Gasteiger partial charge is 0.416 e. The number of rotatable bonds is 10. The SMILES string of the molecule is O=C(NC1CC1)N1c2nc(-c3cccc(C(F)(F)F)c3)ncc2N2CCC[C@H]1C2.O=C(Nc1ccccn1)N1c2nc(-c3cccc(C(F)(F)F)c3)ncc2N2CCC[C@H]1C2.O=C(Nc1ccnc(OC[C@@H](O)CO)c1)N1c2nc(-c3cccc(C(F)(F)F)c3)ncc2N2CCC[C@H]1C2. The van der Waals surface area contributed by atoms with E-state index in [0.29, 0.717) is 53.4 Å². The fourth-order valence-corrected chi connectivity index (χ4v) is 12.7. The molecule has 15 rings (SSSR count). The maximum Gasteiger partial charge on any atom is 0.416 e. The maximum absolute atomic E-state index is 13.5. The molecule has 3 aromatic carbocycles.